The molecule has 130 valence electrons. The molecule has 1 rings (SSSR count). The van der Waals surface area contributed by atoms with Gasteiger partial charge in [-0.25, -0.2) is 0 Å². The van der Waals surface area contributed by atoms with Crippen LogP contribution in [-0.4, -0.2) is 23.6 Å². The van der Waals surface area contributed by atoms with Gasteiger partial charge in [0.15, 0.2) is 0 Å². The van der Waals surface area contributed by atoms with E-state index >= 15 is 0 Å². The number of nitrogens with zero attached hydrogens (tertiary/aromatic N) is 2. The van der Waals surface area contributed by atoms with Crippen molar-refractivity contribution in [1.29, 1.82) is 0 Å². The van der Waals surface area contributed by atoms with Crippen molar-refractivity contribution in [2.75, 3.05) is 9.80 Å². The van der Waals surface area contributed by atoms with Gasteiger partial charge in [0.05, 0.1) is 16.9 Å². The summed E-state index contributed by atoms with van der Waals surface area (Å²) in [5.41, 5.74) is -2.28. The average molecular weight is 344 g/mol. The van der Waals surface area contributed by atoms with Gasteiger partial charge < -0.3 is 0 Å². The first-order chi connectivity index (χ1) is 10.9. The van der Waals surface area contributed by atoms with Crippen LogP contribution >= 0.6 is 0 Å². The molecular formula is C15H15F3N2O4. The summed E-state index contributed by atoms with van der Waals surface area (Å²) in [5.74, 6) is -3.32. The molecule has 0 aromatic heterocycles. The van der Waals surface area contributed by atoms with Gasteiger partial charge >= 0.3 is 6.18 Å². The van der Waals surface area contributed by atoms with E-state index in [1.807, 2.05) is 0 Å². The van der Waals surface area contributed by atoms with Crippen LogP contribution in [0.1, 0.15) is 33.3 Å². The first kappa shape index (κ1) is 19.3. The maximum Gasteiger partial charge on any atom is 0.418 e. The molecule has 0 N–H and O–H groups in total. The Balaban J connectivity index is 3.66. The predicted octanol–water partition coefficient (Wildman–Crippen LogP) is 2.50. The lowest BCUT2D eigenvalue weighted by molar-refractivity contribution is -0.137. The Morgan fingerprint density at radius 3 is 1.54 bits per heavy atom. The third-order valence-corrected chi connectivity index (χ3v) is 3.04. The second-order valence-corrected chi connectivity index (χ2v) is 4.95. The van der Waals surface area contributed by atoms with E-state index in [2.05, 4.69) is 0 Å². The number of anilines is 2. The van der Waals surface area contributed by atoms with E-state index in [9.17, 15) is 32.3 Å². The molecule has 0 atom stereocenters. The van der Waals surface area contributed by atoms with Gasteiger partial charge in [0.2, 0.25) is 23.6 Å². The lowest BCUT2D eigenvalue weighted by atomic mass is 10.1. The Bertz CT molecular complexity index is 685. The quantitative estimate of drug-likeness (QED) is 0.826. The monoisotopic (exact) mass is 344 g/mol. The van der Waals surface area contributed by atoms with Gasteiger partial charge in [-0.05, 0) is 18.2 Å². The summed E-state index contributed by atoms with van der Waals surface area (Å²) in [7, 11) is 0. The van der Waals surface area contributed by atoms with Crippen molar-refractivity contribution in [2.24, 2.45) is 0 Å². The van der Waals surface area contributed by atoms with Crippen molar-refractivity contribution in [1.82, 2.24) is 0 Å². The van der Waals surface area contributed by atoms with Crippen molar-refractivity contribution in [3.63, 3.8) is 0 Å². The summed E-state index contributed by atoms with van der Waals surface area (Å²) in [6.45, 7) is 3.96. The van der Waals surface area contributed by atoms with Crippen LogP contribution in [0.2, 0.25) is 0 Å². The Morgan fingerprint density at radius 2 is 1.21 bits per heavy atom. The maximum atomic E-state index is 13.3. The highest BCUT2D eigenvalue weighted by Gasteiger charge is 2.37. The van der Waals surface area contributed by atoms with Crippen LogP contribution in [0.25, 0.3) is 0 Å². The number of halogens is 3. The topological polar surface area (TPSA) is 74.8 Å². The predicted molar refractivity (Wildman–Crippen MR) is 79.1 cm³/mol. The van der Waals surface area contributed by atoms with Crippen molar-refractivity contribution in [3.8, 4) is 0 Å². The largest absolute Gasteiger partial charge is 0.418 e. The zero-order valence-corrected chi connectivity index (χ0v) is 13.4. The summed E-state index contributed by atoms with van der Waals surface area (Å²) >= 11 is 0. The molecule has 0 bridgehead atoms. The maximum absolute atomic E-state index is 13.3. The highest BCUT2D eigenvalue weighted by Crippen LogP contribution is 2.39. The second-order valence-electron chi connectivity index (χ2n) is 4.95. The number of alkyl halides is 3. The number of hydrogen-bond acceptors (Lipinski definition) is 4. The van der Waals surface area contributed by atoms with Gasteiger partial charge in [-0.1, -0.05) is 0 Å². The number of hydrogen-bond donors (Lipinski definition) is 0. The lowest BCUT2D eigenvalue weighted by Gasteiger charge is -2.24. The molecule has 0 radical (unpaired) electrons. The minimum Gasteiger partial charge on any atom is -0.274 e. The fourth-order valence-electron chi connectivity index (χ4n) is 2.23. The smallest absolute Gasteiger partial charge is 0.274 e. The van der Waals surface area contributed by atoms with Gasteiger partial charge in [-0.3, -0.25) is 29.0 Å². The zero-order valence-electron chi connectivity index (χ0n) is 13.4. The molecule has 0 unspecified atom stereocenters. The number of imide groups is 2. The fraction of sp³-hybridized carbons (Fsp3) is 0.333. The van der Waals surface area contributed by atoms with Gasteiger partial charge in [0, 0.05) is 27.7 Å². The van der Waals surface area contributed by atoms with Crippen LogP contribution in [-0.2, 0) is 25.4 Å². The van der Waals surface area contributed by atoms with Crippen LogP contribution in [0.4, 0.5) is 24.5 Å². The van der Waals surface area contributed by atoms with Crippen LogP contribution in [0.5, 0.6) is 0 Å². The SMILES string of the molecule is CC(=O)N(C(C)=O)c1ccc(N(C(C)=O)C(C)=O)c(C(F)(F)F)c1. The van der Waals surface area contributed by atoms with Crippen LogP contribution in [0, 0.1) is 0 Å². The van der Waals surface area contributed by atoms with E-state index in [-0.39, 0.29) is 5.69 Å². The Labute approximate surface area is 135 Å². The zero-order chi connectivity index (χ0) is 18.8. The molecule has 0 aliphatic rings. The number of carbonyl (C=O) groups excluding carboxylic acids is 4. The minimum absolute atomic E-state index is 0.307. The Hall–Kier alpha value is -2.71. The number of rotatable bonds is 2. The standard InChI is InChI=1S/C15H15F3N2O4/c1-8(21)19(9(2)22)12-5-6-14(13(7-12)15(16,17)18)20(10(3)23)11(4)24/h5-7H,1-4H3. The molecule has 9 heteroatoms. The molecule has 1 aromatic carbocycles. The molecule has 0 aliphatic heterocycles. The molecule has 0 heterocycles. The molecule has 0 saturated carbocycles. The van der Waals surface area contributed by atoms with Crippen molar-refractivity contribution in [2.45, 2.75) is 33.9 Å². The normalized spacial score (nSPS) is 11.0. The highest BCUT2D eigenvalue weighted by atomic mass is 19.4. The summed E-state index contributed by atoms with van der Waals surface area (Å²) in [5, 5.41) is 0. The molecule has 0 saturated heterocycles. The van der Waals surface area contributed by atoms with Gasteiger partial charge in [0.25, 0.3) is 0 Å². The molecule has 0 fully saturated rings. The lowest BCUT2D eigenvalue weighted by Crippen LogP contribution is -2.36. The van der Waals surface area contributed by atoms with Crippen molar-refractivity contribution < 1.29 is 32.3 Å². The summed E-state index contributed by atoms with van der Waals surface area (Å²) in [4.78, 5) is 46.9. The minimum atomic E-state index is -4.91. The van der Waals surface area contributed by atoms with E-state index in [0.29, 0.717) is 15.9 Å². The van der Waals surface area contributed by atoms with Gasteiger partial charge in [-0.2, -0.15) is 13.2 Å². The van der Waals surface area contributed by atoms with Crippen LogP contribution in [0.3, 0.4) is 0 Å². The molecule has 0 aliphatic carbocycles. The number of amides is 4. The van der Waals surface area contributed by atoms with Gasteiger partial charge in [-0.15, -0.1) is 0 Å². The first-order valence-corrected chi connectivity index (χ1v) is 6.71. The second kappa shape index (κ2) is 6.81. The Morgan fingerprint density at radius 1 is 0.792 bits per heavy atom. The van der Waals surface area contributed by atoms with Gasteiger partial charge in [0.1, 0.15) is 0 Å². The molecular weight excluding hydrogens is 329 g/mol. The third kappa shape index (κ3) is 3.98. The molecule has 0 spiro atoms. The van der Waals surface area contributed by atoms with E-state index in [1.165, 1.54) is 0 Å². The number of benzene rings is 1. The molecule has 24 heavy (non-hydrogen) atoms. The van der Waals surface area contributed by atoms with Crippen molar-refractivity contribution in [3.05, 3.63) is 23.8 Å². The summed E-state index contributed by atoms with van der Waals surface area (Å²) < 4.78 is 40.0. The Kier molecular flexibility index (Phi) is 5.49. The van der Waals surface area contributed by atoms with E-state index in [1.54, 1.807) is 0 Å². The number of carbonyl (C=O) groups is 4. The summed E-state index contributed by atoms with van der Waals surface area (Å²) in [6, 6.07) is 2.49. The molecule has 6 nitrogen and oxygen atoms in total. The highest BCUT2D eigenvalue weighted by molar-refractivity contribution is 6.15. The molecule has 1 aromatic rings. The van der Waals surface area contributed by atoms with Crippen LogP contribution < -0.4 is 9.80 Å². The first-order valence-electron chi connectivity index (χ1n) is 6.71. The van der Waals surface area contributed by atoms with E-state index in [4.69, 9.17) is 0 Å². The fourth-order valence-corrected chi connectivity index (χ4v) is 2.23. The van der Waals surface area contributed by atoms with Crippen molar-refractivity contribution >= 4 is 35.0 Å². The van der Waals surface area contributed by atoms with E-state index < -0.39 is 41.1 Å². The average Bonchev–Trinajstić information content (AvgIpc) is 2.37. The van der Waals surface area contributed by atoms with E-state index in [0.717, 1.165) is 39.8 Å². The summed E-state index contributed by atoms with van der Waals surface area (Å²) in [6.07, 6.45) is -4.91. The molecule has 4 amide bonds. The van der Waals surface area contributed by atoms with Crippen LogP contribution in [0.15, 0.2) is 18.2 Å². The third-order valence-electron chi connectivity index (χ3n) is 3.04.